The van der Waals surface area contributed by atoms with Crippen LogP contribution in [0.1, 0.15) is 37.4 Å². The Balaban J connectivity index is 2.08. The summed E-state index contributed by atoms with van der Waals surface area (Å²) in [6, 6.07) is 11.0. The molecule has 3 heteroatoms. The summed E-state index contributed by atoms with van der Waals surface area (Å²) < 4.78 is 0. The molecule has 1 aromatic rings. The van der Waals surface area contributed by atoms with Crippen LogP contribution in [-0.4, -0.2) is 31.1 Å². The van der Waals surface area contributed by atoms with E-state index in [1.165, 1.54) is 5.56 Å². The van der Waals surface area contributed by atoms with Crippen molar-refractivity contribution in [3.8, 4) is 6.07 Å². The minimum atomic E-state index is -0.108. The number of nitrogens with zero attached hydrogens (tertiary/aromatic N) is 2. The fourth-order valence-electron chi connectivity index (χ4n) is 2.80. The Bertz CT molecular complexity index is 436. The summed E-state index contributed by atoms with van der Waals surface area (Å²) >= 11 is 0. The van der Waals surface area contributed by atoms with Crippen LogP contribution >= 0.6 is 0 Å². The molecule has 2 rings (SSSR count). The van der Waals surface area contributed by atoms with Crippen molar-refractivity contribution in [2.45, 2.75) is 32.7 Å². The number of hydrogen-bond acceptors (Lipinski definition) is 3. The molecule has 0 spiro atoms. The van der Waals surface area contributed by atoms with Crippen LogP contribution in [0.5, 0.6) is 0 Å². The van der Waals surface area contributed by atoms with Crippen LogP contribution in [0.3, 0.4) is 0 Å². The van der Waals surface area contributed by atoms with Crippen molar-refractivity contribution < 1.29 is 0 Å². The molecular weight excluding hydrogens is 246 g/mol. The number of nitrogens with one attached hydrogen (secondary N) is 1. The third-order valence-electron chi connectivity index (χ3n) is 3.80. The van der Waals surface area contributed by atoms with E-state index in [1.54, 1.807) is 0 Å². The zero-order valence-corrected chi connectivity index (χ0v) is 12.6. The largest absolute Gasteiger partial charge is 0.315 e. The number of hydrogen-bond donors (Lipinski definition) is 1. The Morgan fingerprint density at radius 1 is 1.20 bits per heavy atom. The lowest BCUT2D eigenvalue weighted by atomic mass is 9.99. The first kappa shape index (κ1) is 15.0. The van der Waals surface area contributed by atoms with Gasteiger partial charge in [0, 0.05) is 19.6 Å². The first-order valence-corrected chi connectivity index (χ1v) is 7.64. The lowest BCUT2D eigenvalue weighted by molar-refractivity contribution is 0.252. The second kappa shape index (κ2) is 7.42. The summed E-state index contributed by atoms with van der Waals surface area (Å²) in [7, 11) is 0. The third-order valence-corrected chi connectivity index (χ3v) is 3.80. The SMILES string of the molecule is CC(C)Cc1ccc(C(C#N)N2CCCNCC2)cc1. The molecule has 1 unspecified atom stereocenters. The van der Waals surface area contributed by atoms with Crippen molar-refractivity contribution in [1.82, 2.24) is 10.2 Å². The smallest absolute Gasteiger partial charge is 0.123 e. The molecule has 3 nitrogen and oxygen atoms in total. The van der Waals surface area contributed by atoms with E-state index in [0.717, 1.165) is 44.6 Å². The number of rotatable bonds is 4. The van der Waals surface area contributed by atoms with Gasteiger partial charge < -0.3 is 5.32 Å². The fourth-order valence-corrected chi connectivity index (χ4v) is 2.80. The van der Waals surface area contributed by atoms with Crippen LogP contribution in [0, 0.1) is 17.2 Å². The van der Waals surface area contributed by atoms with Gasteiger partial charge in [-0.1, -0.05) is 38.1 Å². The highest BCUT2D eigenvalue weighted by Crippen LogP contribution is 2.22. The van der Waals surface area contributed by atoms with Crippen molar-refractivity contribution in [1.29, 1.82) is 5.26 Å². The first-order chi connectivity index (χ1) is 9.70. The lowest BCUT2D eigenvalue weighted by Crippen LogP contribution is -2.31. The molecule has 1 saturated heterocycles. The van der Waals surface area contributed by atoms with E-state index in [9.17, 15) is 5.26 Å². The van der Waals surface area contributed by atoms with Crippen LogP contribution in [-0.2, 0) is 6.42 Å². The highest BCUT2D eigenvalue weighted by molar-refractivity contribution is 5.28. The predicted molar refractivity (Wildman–Crippen MR) is 82.4 cm³/mol. The Hall–Kier alpha value is -1.37. The molecule has 0 aliphatic carbocycles. The van der Waals surface area contributed by atoms with Gasteiger partial charge in [-0.25, -0.2) is 0 Å². The molecular formula is C17H25N3. The molecule has 1 aliphatic heterocycles. The van der Waals surface area contributed by atoms with Gasteiger partial charge in [0.2, 0.25) is 0 Å². The molecule has 1 fully saturated rings. The van der Waals surface area contributed by atoms with Gasteiger partial charge in [-0.2, -0.15) is 5.26 Å². The zero-order valence-electron chi connectivity index (χ0n) is 12.6. The van der Waals surface area contributed by atoms with Gasteiger partial charge in [-0.15, -0.1) is 0 Å². The molecule has 1 aliphatic rings. The second-order valence-electron chi connectivity index (χ2n) is 6.01. The fraction of sp³-hybridized carbons (Fsp3) is 0.588. The number of benzene rings is 1. The molecule has 0 bridgehead atoms. The van der Waals surface area contributed by atoms with Crippen LogP contribution in [0.15, 0.2) is 24.3 Å². The standard InChI is InChI=1S/C17H25N3/c1-14(2)12-15-4-6-16(7-5-15)17(13-18)20-10-3-8-19-9-11-20/h4-7,14,17,19H,3,8-12H2,1-2H3. The Kier molecular flexibility index (Phi) is 5.58. The normalized spacial score (nSPS) is 18.5. The highest BCUT2D eigenvalue weighted by atomic mass is 15.2. The molecule has 0 saturated carbocycles. The van der Waals surface area contributed by atoms with Crippen LogP contribution in [0.25, 0.3) is 0 Å². The maximum absolute atomic E-state index is 9.53. The summed E-state index contributed by atoms with van der Waals surface area (Å²) in [5.41, 5.74) is 2.49. The topological polar surface area (TPSA) is 39.1 Å². The van der Waals surface area contributed by atoms with E-state index in [0.29, 0.717) is 5.92 Å². The minimum Gasteiger partial charge on any atom is -0.315 e. The molecule has 1 atom stereocenters. The predicted octanol–water partition coefficient (Wildman–Crippen LogP) is 2.75. The summed E-state index contributed by atoms with van der Waals surface area (Å²) in [6.45, 7) is 8.45. The Labute approximate surface area is 122 Å². The van der Waals surface area contributed by atoms with Crippen molar-refractivity contribution in [2.75, 3.05) is 26.2 Å². The van der Waals surface area contributed by atoms with Crippen molar-refractivity contribution in [3.63, 3.8) is 0 Å². The quantitative estimate of drug-likeness (QED) is 0.915. The van der Waals surface area contributed by atoms with Gasteiger partial charge in [-0.3, -0.25) is 4.90 Å². The minimum absolute atomic E-state index is 0.108. The van der Waals surface area contributed by atoms with Gasteiger partial charge in [0.05, 0.1) is 6.07 Å². The first-order valence-electron chi connectivity index (χ1n) is 7.64. The molecule has 0 amide bonds. The van der Waals surface area contributed by atoms with Crippen LogP contribution < -0.4 is 5.32 Å². The highest BCUT2D eigenvalue weighted by Gasteiger charge is 2.20. The number of nitriles is 1. The molecule has 20 heavy (non-hydrogen) atoms. The summed E-state index contributed by atoms with van der Waals surface area (Å²) in [5, 5.41) is 12.9. The molecule has 1 aromatic carbocycles. The van der Waals surface area contributed by atoms with Gasteiger partial charge >= 0.3 is 0 Å². The van der Waals surface area contributed by atoms with Crippen molar-refractivity contribution in [3.05, 3.63) is 35.4 Å². The average Bonchev–Trinajstić information content (AvgIpc) is 2.70. The molecule has 1 N–H and O–H groups in total. The summed E-state index contributed by atoms with van der Waals surface area (Å²) in [5.74, 6) is 0.671. The molecule has 0 radical (unpaired) electrons. The van der Waals surface area contributed by atoms with Gasteiger partial charge in [-0.05, 0) is 36.4 Å². The van der Waals surface area contributed by atoms with Crippen LogP contribution in [0.2, 0.25) is 0 Å². The second-order valence-corrected chi connectivity index (χ2v) is 6.01. The average molecular weight is 271 g/mol. The Morgan fingerprint density at radius 3 is 2.60 bits per heavy atom. The van der Waals surface area contributed by atoms with Gasteiger partial charge in [0.1, 0.15) is 6.04 Å². The third kappa shape index (κ3) is 4.06. The summed E-state index contributed by atoms with van der Waals surface area (Å²) in [4.78, 5) is 2.29. The van der Waals surface area contributed by atoms with Crippen molar-refractivity contribution in [2.24, 2.45) is 5.92 Å². The van der Waals surface area contributed by atoms with Gasteiger partial charge in [0.15, 0.2) is 0 Å². The zero-order chi connectivity index (χ0) is 14.4. The Morgan fingerprint density at radius 2 is 1.95 bits per heavy atom. The maximum Gasteiger partial charge on any atom is 0.123 e. The van der Waals surface area contributed by atoms with Crippen molar-refractivity contribution >= 4 is 0 Å². The monoisotopic (exact) mass is 271 g/mol. The summed E-state index contributed by atoms with van der Waals surface area (Å²) in [6.07, 6.45) is 2.22. The molecule has 0 aromatic heterocycles. The van der Waals surface area contributed by atoms with Gasteiger partial charge in [0.25, 0.3) is 0 Å². The van der Waals surface area contributed by atoms with E-state index >= 15 is 0 Å². The van der Waals surface area contributed by atoms with Crippen LogP contribution in [0.4, 0.5) is 0 Å². The lowest BCUT2D eigenvalue weighted by Gasteiger charge is -2.25. The van der Waals surface area contributed by atoms with E-state index in [4.69, 9.17) is 0 Å². The molecule has 108 valence electrons. The van der Waals surface area contributed by atoms with E-state index in [1.807, 2.05) is 0 Å². The van der Waals surface area contributed by atoms with E-state index < -0.39 is 0 Å². The van der Waals surface area contributed by atoms with E-state index in [-0.39, 0.29) is 6.04 Å². The maximum atomic E-state index is 9.53. The molecule has 1 heterocycles. The van der Waals surface area contributed by atoms with E-state index in [2.05, 4.69) is 54.4 Å².